The number of benzene rings is 3. The third kappa shape index (κ3) is 3.73. The number of hydrogen-bond donors (Lipinski definition) is 0. The first kappa shape index (κ1) is 22.8. The van der Waals surface area contributed by atoms with Gasteiger partial charge in [-0.2, -0.15) is 0 Å². The van der Waals surface area contributed by atoms with Crippen LogP contribution in [0.1, 0.15) is 66.1 Å². The number of carbonyl (C=O) groups excluding carboxylic acids is 2. The highest BCUT2D eigenvalue weighted by atomic mass is 35.5. The van der Waals surface area contributed by atoms with Crippen molar-refractivity contribution < 1.29 is 14.3 Å². The van der Waals surface area contributed by atoms with E-state index >= 15 is 0 Å². The molecule has 0 bridgehead atoms. The molecule has 1 aliphatic carbocycles. The van der Waals surface area contributed by atoms with Gasteiger partial charge in [0.1, 0.15) is 6.10 Å². The predicted molar refractivity (Wildman–Crippen MR) is 129 cm³/mol. The van der Waals surface area contributed by atoms with Crippen molar-refractivity contribution in [3.8, 4) is 0 Å². The van der Waals surface area contributed by atoms with E-state index in [1.54, 1.807) is 6.07 Å². The molecule has 3 aromatic carbocycles. The van der Waals surface area contributed by atoms with Crippen LogP contribution >= 0.6 is 34.8 Å². The molecule has 0 heterocycles. The highest BCUT2D eigenvalue weighted by molar-refractivity contribution is 6.44. The molecule has 0 aromatic heterocycles. The van der Waals surface area contributed by atoms with Crippen LogP contribution in [0, 0.1) is 27.7 Å². The van der Waals surface area contributed by atoms with Crippen LogP contribution in [0.4, 0.5) is 0 Å². The number of fused-ring (bicyclic) bond motifs is 1. The van der Waals surface area contributed by atoms with Gasteiger partial charge in [-0.15, -0.1) is 0 Å². The third-order valence-corrected chi connectivity index (χ3v) is 7.47. The van der Waals surface area contributed by atoms with Crippen LogP contribution in [-0.4, -0.2) is 11.8 Å². The SMILES string of the molecule is Cc1cc(C2C(=O)c3ccccc3C2OC(=O)c2cc(Cl)c(Cl)cc2Cl)c(C)c(C)c1C. The summed E-state index contributed by atoms with van der Waals surface area (Å²) in [6.45, 7) is 8.14. The first-order valence-corrected chi connectivity index (χ1v) is 11.3. The van der Waals surface area contributed by atoms with Crippen molar-refractivity contribution in [3.05, 3.63) is 102 Å². The van der Waals surface area contributed by atoms with Crippen molar-refractivity contribution in [1.82, 2.24) is 0 Å². The summed E-state index contributed by atoms with van der Waals surface area (Å²) in [4.78, 5) is 26.6. The van der Waals surface area contributed by atoms with Crippen molar-refractivity contribution in [2.24, 2.45) is 0 Å². The molecular weight excluding hydrogens is 467 g/mol. The molecule has 2 unspecified atom stereocenters. The summed E-state index contributed by atoms with van der Waals surface area (Å²) in [6.07, 6.45) is -0.781. The zero-order chi connectivity index (χ0) is 23.3. The Morgan fingerprint density at radius 2 is 1.47 bits per heavy atom. The molecule has 0 amide bonds. The standard InChI is InChI=1S/C26H21Cl3O3/c1-12-9-18(15(4)14(3)13(12)2)23-24(30)16-7-5-6-8-17(16)25(23)32-26(31)19-10-21(28)22(29)11-20(19)27/h5-11,23,25H,1-4H3. The van der Waals surface area contributed by atoms with E-state index in [1.807, 2.05) is 45.0 Å². The van der Waals surface area contributed by atoms with Crippen molar-refractivity contribution in [2.45, 2.75) is 39.7 Å². The van der Waals surface area contributed by atoms with Gasteiger partial charge in [0.15, 0.2) is 5.78 Å². The quantitative estimate of drug-likeness (QED) is 0.280. The minimum atomic E-state index is -0.781. The lowest BCUT2D eigenvalue weighted by molar-refractivity contribution is 0.0258. The highest BCUT2D eigenvalue weighted by Crippen LogP contribution is 2.47. The molecule has 6 heteroatoms. The monoisotopic (exact) mass is 486 g/mol. The van der Waals surface area contributed by atoms with Crippen molar-refractivity contribution in [1.29, 1.82) is 0 Å². The number of ketones is 1. The molecule has 1 aliphatic rings. The zero-order valence-corrected chi connectivity index (χ0v) is 20.3. The summed E-state index contributed by atoms with van der Waals surface area (Å²) in [6, 6.07) is 12.1. The van der Waals surface area contributed by atoms with Crippen LogP contribution in [0.25, 0.3) is 0 Å². The fourth-order valence-corrected chi connectivity index (χ4v) is 4.94. The fourth-order valence-electron chi connectivity index (χ4n) is 4.31. The molecule has 0 aliphatic heterocycles. The maximum absolute atomic E-state index is 13.5. The second kappa shape index (κ2) is 8.55. The topological polar surface area (TPSA) is 43.4 Å². The number of rotatable bonds is 3. The number of esters is 1. The number of Topliss-reactive ketones (excluding diaryl/α,β-unsaturated/α-hetero) is 1. The predicted octanol–water partition coefficient (Wildman–Crippen LogP) is 7.76. The second-order valence-corrected chi connectivity index (χ2v) is 9.38. The normalized spacial score (nSPS) is 17.4. The first-order valence-electron chi connectivity index (χ1n) is 10.2. The van der Waals surface area contributed by atoms with E-state index in [9.17, 15) is 9.59 Å². The van der Waals surface area contributed by atoms with Gasteiger partial charge in [0, 0.05) is 11.1 Å². The molecule has 3 nitrogen and oxygen atoms in total. The largest absolute Gasteiger partial charge is 0.453 e. The van der Waals surface area contributed by atoms with E-state index in [-0.39, 0.29) is 26.4 Å². The maximum atomic E-state index is 13.5. The molecule has 3 aromatic rings. The number of carbonyl (C=O) groups is 2. The van der Waals surface area contributed by atoms with Gasteiger partial charge in [-0.3, -0.25) is 4.79 Å². The second-order valence-electron chi connectivity index (χ2n) is 8.16. The minimum Gasteiger partial charge on any atom is -0.453 e. The number of halogens is 3. The molecule has 0 N–H and O–H groups in total. The molecule has 164 valence electrons. The summed E-state index contributed by atoms with van der Waals surface area (Å²) < 4.78 is 5.96. The van der Waals surface area contributed by atoms with Gasteiger partial charge in [0.2, 0.25) is 0 Å². The van der Waals surface area contributed by atoms with Crippen LogP contribution in [-0.2, 0) is 4.74 Å². The summed E-state index contributed by atoms with van der Waals surface area (Å²) in [5, 5.41) is 0.577. The van der Waals surface area contributed by atoms with Gasteiger partial charge in [-0.05, 0) is 67.6 Å². The van der Waals surface area contributed by atoms with Crippen LogP contribution < -0.4 is 0 Å². The van der Waals surface area contributed by atoms with Crippen LogP contribution in [0.3, 0.4) is 0 Å². The average molecular weight is 488 g/mol. The van der Waals surface area contributed by atoms with E-state index in [2.05, 4.69) is 6.92 Å². The number of aryl methyl sites for hydroxylation is 1. The Kier molecular flexibility index (Phi) is 6.10. The van der Waals surface area contributed by atoms with Crippen molar-refractivity contribution in [2.75, 3.05) is 0 Å². The molecule has 0 radical (unpaired) electrons. The molecule has 4 rings (SSSR count). The Hall–Kier alpha value is -2.33. The summed E-state index contributed by atoms with van der Waals surface area (Å²) >= 11 is 18.3. The summed E-state index contributed by atoms with van der Waals surface area (Å²) in [5.41, 5.74) is 6.63. The van der Waals surface area contributed by atoms with Crippen molar-refractivity contribution >= 4 is 46.6 Å². The highest BCUT2D eigenvalue weighted by Gasteiger charge is 2.44. The Labute approximate surface area is 202 Å². The maximum Gasteiger partial charge on any atom is 0.340 e. The lowest BCUT2D eigenvalue weighted by Gasteiger charge is -2.24. The average Bonchev–Trinajstić information content (AvgIpc) is 3.03. The molecule has 0 saturated carbocycles. The van der Waals surface area contributed by atoms with Gasteiger partial charge in [0.25, 0.3) is 0 Å². The third-order valence-electron chi connectivity index (χ3n) is 6.44. The Morgan fingerprint density at radius 1 is 0.812 bits per heavy atom. The lowest BCUT2D eigenvalue weighted by Crippen LogP contribution is -2.20. The molecular formula is C26H21Cl3O3. The Morgan fingerprint density at radius 3 is 2.19 bits per heavy atom. The van der Waals surface area contributed by atoms with Crippen LogP contribution in [0.2, 0.25) is 15.1 Å². The van der Waals surface area contributed by atoms with Crippen molar-refractivity contribution in [3.63, 3.8) is 0 Å². The van der Waals surface area contributed by atoms with Crippen LogP contribution in [0.15, 0.2) is 42.5 Å². The molecule has 0 spiro atoms. The minimum absolute atomic E-state index is 0.0654. The van der Waals surface area contributed by atoms with Gasteiger partial charge < -0.3 is 4.74 Å². The van der Waals surface area contributed by atoms with E-state index in [4.69, 9.17) is 39.5 Å². The van der Waals surface area contributed by atoms with Gasteiger partial charge >= 0.3 is 5.97 Å². The summed E-state index contributed by atoms with van der Waals surface area (Å²) in [7, 11) is 0. The van der Waals surface area contributed by atoms with E-state index < -0.39 is 18.0 Å². The molecule has 32 heavy (non-hydrogen) atoms. The Balaban J connectivity index is 1.82. The van der Waals surface area contributed by atoms with E-state index in [0.29, 0.717) is 11.1 Å². The number of ether oxygens (including phenoxy) is 1. The first-order chi connectivity index (χ1) is 15.1. The summed E-state index contributed by atoms with van der Waals surface area (Å²) in [5.74, 6) is -1.37. The van der Waals surface area contributed by atoms with Gasteiger partial charge in [0.05, 0.1) is 26.5 Å². The van der Waals surface area contributed by atoms with Crippen LogP contribution in [0.5, 0.6) is 0 Å². The smallest absolute Gasteiger partial charge is 0.340 e. The Bertz CT molecular complexity index is 1280. The lowest BCUT2D eigenvalue weighted by atomic mass is 9.84. The van der Waals surface area contributed by atoms with E-state index in [1.165, 1.54) is 17.7 Å². The van der Waals surface area contributed by atoms with Gasteiger partial charge in [-0.25, -0.2) is 4.79 Å². The van der Waals surface area contributed by atoms with E-state index in [0.717, 1.165) is 22.3 Å². The van der Waals surface area contributed by atoms with Gasteiger partial charge in [-0.1, -0.05) is 65.1 Å². The zero-order valence-electron chi connectivity index (χ0n) is 18.1. The molecule has 0 fully saturated rings. The fraction of sp³-hybridized carbons (Fsp3) is 0.231. The molecule has 2 atom stereocenters. The molecule has 0 saturated heterocycles. The number of hydrogen-bond acceptors (Lipinski definition) is 3.